The Morgan fingerprint density at radius 2 is 2.09 bits per heavy atom. The van der Waals surface area contributed by atoms with Crippen molar-refractivity contribution in [1.82, 2.24) is 5.32 Å². The van der Waals surface area contributed by atoms with E-state index in [1.807, 2.05) is 30.3 Å². The third-order valence-electron chi connectivity index (χ3n) is 3.69. The number of nitriles is 1. The molecule has 0 unspecified atom stereocenters. The minimum Gasteiger partial charge on any atom is -0.493 e. The van der Waals surface area contributed by atoms with Crippen LogP contribution in [0.2, 0.25) is 0 Å². The van der Waals surface area contributed by atoms with Crippen molar-refractivity contribution >= 4 is 12.0 Å². The molecule has 0 saturated heterocycles. The molecule has 4 heteroatoms. The first-order valence-electron chi connectivity index (χ1n) is 7.45. The van der Waals surface area contributed by atoms with Crippen LogP contribution in [0.5, 0.6) is 5.75 Å². The van der Waals surface area contributed by atoms with E-state index < -0.39 is 0 Å². The fraction of sp³-hybridized carbons (Fsp3) is 0.158. The van der Waals surface area contributed by atoms with Gasteiger partial charge in [-0.3, -0.25) is 4.79 Å². The number of nitrogens with zero attached hydrogens (tertiary/aromatic N) is 1. The number of rotatable bonds is 4. The smallest absolute Gasteiger partial charge is 0.244 e. The van der Waals surface area contributed by atoms with Gasteiger partial charge < -0.3 is 10.1 Å². The van der Waals surface area contributed by atoms with E-state index in [1.54, 1.807) is 18.2 Å². The summed E-state index contributed by atoms with van der Waals surface area (Å²) in [5, 5.41) is 11.6. The minimum absolute atomic E-state index is 0.147. The van der Waals surface area contributed by atoms with Crippen molar-refractivity contribution in [2.75, 3.05) is 6.61 Å². The van der Waals surface area contributed by atoms with Crippen molar-refractivity contribution in [3.63, 3.8) is 0 Å². The Morgan fingerprint density at radius 1 is 1.26 bits per heavy atom. The summed E-state index contributed by atoms with van der Waals surface area (Å²) in [6, 6.07) is 15.1. The summed E-state index contributed by atoms with van der Waals surface area (Å²) in [5.41, 5.74) is 3.74. The zero-order valence-electron chi connectivity index (χ0n) is 12.6. The first-order chi connectivity index (χ1) is 11.2. The van der Waals surface area contributed by atoms with Crippen molar-refractivity contribution in [3.8, 4) is 11.8 Å². The van der Waals surface area contributed by atoms with E-state index in [4.69, 9.17) is 10.00 Å². The molecule has 23 heavy (non-hydrogen) atoms. The predicted molar refractivity (Wildman–Crippen MR) is 87.7 cm³/mol. The van der Waals surface area contributed by atoms with Crippen LogP contribution in [-0.2, 0) is 17.8 Å². The highest BCUT2D eigenvalue weighted by molar-refractivity contribution is 5.91. The third-order valence-corrected chi connectivity index (χ3v) is 3.69. The Hall–Kier alpha value is -3.06. The van der Waals surface area contributed by atoms with Crippen LogP contribution < -0.4 is 10.1 Å². The molecule has 2 aromatic carbocycles. The largest absolute Gasteiger partial charge is 0.493 e. The number of hydrogen-bond donors (Lipinski definition) is 1. The second-order valence-corrected chi connectivity index (χ2v) is 5.33. The second kappa shape index (κ2) is 6.80. The average Bonchev–Trinajstić information content (AvgIpc) is 3.06. The molecular weight excluding hydrogens is 288 g/mol. The molecule has 0 aliphatic carbocycles. The van der Waals surface area contributed by atoms with Gasteiger partial charge in [0, 0.05) is 19.0 Å². The number of benzene rings is 2. The number of fused-ring (bicyclic) bond motifs is 1. The van der Waals surface area contributed by atoms with Crippen LogP contribution >= 0.6 is 0 Å². The van der Waals surface area contributed by atoms with Gasteiger partial charge >= 0.3 is 0 Å². The van der Waals surface area contributed by atoms with Crippen molar-refractivity contribution < 1.29 is 9.53 Å². The van der Waals surface area contributed by atoms with Crippen LogP contribution in [0, 0.1) is 11.3 Å². The SMILES string of the molecule is N#Cc1ccc(CNC(=O)/C=C/c2ccc3c(c2)CCO3)cc1. The maximum absolute atomic E-state index is 11.9. The lowest BCUT2D eigenvalue weighted by Crippen LogP contribution is -2.20. The van der Waals surface area contributed by atoms with Gasteiger partial charge in [-0.2, -0.15) is 5.26 Å². The van der Waals surface area contributed by atoms with E-state index >= 15 is 0 Å². The third kappa shape index (κ3) is 3.78. The molecule has 114 valence electrons. The van der Waals surface area contributed by atoms with E-state index in [0.717, 1.165) is 29.9 Å². The summed E-state index contributed by atoms with van der Waals surface area (Å²) in [7, 11) is 0. The molecule has 2 aromatic rings. The van der Waals surface area contributed by atoms with Crippen LogP contribution in [0.25, 0.3) is 6.08 Å². The molecule has 0 radical (unpaired) electrons. The van der Waals surface area contributed by atoms with Gasteiger partial charge in [-0.05, 0) is 47.0 Å². The number of hydrogen-bond acceptors (Lipinski definition) is 3. The van der Waals surface area contributed by atoms with Crippen LogP contribution in [0.1, 0.15) is 22.3 Å². The number of carbonyl (C=O) groups is 1. The lowest BCUT2D eigenvalue weighted by atomic mass is 10.1. The molecule has 1 amide bonds. The quantitative estimate of drug-likeness (QED) is 0.884. The van der Waals surface area contributed by atoms with E-state index in [1.165, 1.54) is 11.6 Å². The fourth-order valence-corrected chi connectivity index (χ4v) is 2.43. The van der Waals surface area contributed by atoms with E-state index in [9.17, 15) is 4.79 Å². The Kier molecular flexibility index (Phi) is 4.39. The normalized spacial score (nSPS) is 12.5. The molecule has 0 atom stereocenters. The first kappa shape index (κ1) is 14.9. The molecule has 1 aliphatic heterocycles. The number of nitrogens with one attached hydrogen (secondary N) is 1. The van der Waals surface area contributed by atoms with Crippen LogP contribution in [0.15, 0.2) is 48.5 Å². The molecule has 3 rings (SSSR count). The molecule has 1 N–H and O–H groups in total. The highest BCUT2D eigenvalue weighted by Gasteiger charge is 2.11. The van der Waals surface area contributed by atoms with Crippen LogP contribution in [0.4, 0.5) is 0 Å². The minimum atomic E-state index is -0.147. The summed E-state index contributed by atoms with van der Waals surface area (Å²) in [6.07, 6.45) is 4.25. The van der Waals surface area contributed by atoms with Crippen molar-refractivity contribution in [2.45, 2.75) is 13.0 Å². The maximum Gasteiger partial charge on any atom is 0.244 e. The van der Waals surface area contributed by atoms with Gasteiger partial charge in [0.05, 0.1) is 18.2 Å². The number of ether oxygens (including phenoxy) is 1. The van der Waals surface area contributed by atoms with Gasteiger partial charge in [0.25, 0.3) is 0 Å². The van der Waals surface area contributed by atoms with Gasteiger partial charge in [-0.25, -0.2) is 0 Å². The Morgan fingerprint density at radius 3 is 2.87 bits per heavy atom. The highest BCUT2D eigenvalue weighted by Crippen LogP contribution is 2.26. The number of amides is 1. The van der Waals surface area contributed by atoms with Crippen molar-refractivity contribution in [1.29, 1.82) is 5.26 Å². The molecular formula is C19H16N2O2. The molecule has 0 fully saturated rings. The highest BCUT2D eigenvalue weighted by atomic mass is 16.5. The van der Waals surface area contributed by atoms with Gasteiger partial charge in [0.2, 0.25) is 5.91 Å². The topological polar surface area (TPSA) is 62.1 Å². The maximum atomic E-state index is 11.9. The molecule has 0 spiro atoms. The monoisotopic (exact) mass is 304 g/mol. The van der Waals surface area contributed by atoms with E-state index in [-0.39, 0.29) is 5.91 Å². The molecule has 1 aliphatic rings. The molecule has 0 saturated carbocycles. The van der Waals surface area contributed by atoms with Crippen LogP contribution in [-0.4, -0.2) is 12.5 Å². The predicted octanol–water partition coefficient (Wildman–Crippen LogP) is 2.82. The molecule has 4 nitrogen and oxygen atoms in total. The standard InChI is InChI=1S/C19H16N2O2/c20-12-15-1-3-16(4-2-15)13-21-19(22)8-6-14-5-7-18-17(11-14)9-10-23-18/h1-8,11H,9-10,13H2,(H,21,22)/b8-6+. The van der Waals surface area contributed by atoms with Crippen LogP contribution in [0.3, 0.4) is 0 Å². The van der Waals surface area contributed by atoms with Gasteiger partial charge in [-0.1, -0.05) is 18.2 Å². The molecule has 0 bridgehead atoms. The van der Waals surface area contributed by atoms with E-state index in [0.29, 0.717) is 12.1 Å². The molecule has 1 heterocycles. The lowest BCUT2D eigenvalue weighted by molar-refractivity contribution is -0.116. The summed E-state index contributed by atoms with van der Waals surface area (Å²) >= 11 is 0. The summed E-state index contributed by atoms with van der Waals surface area (Å²) in [5.74, 6) is 0.790. The Balaban J connectivity index is 1.55. The zero-order chi connectivity index (χ0) is 16.1. The fourth-order valence-electron chi connectivity index (χ4n) is 2.43. The lowest BCUT2D eigenvalue weighted by Gasteiger charge is -2.03. The Bertz CT molecular complexity index is 786. The summed E-state index contributed by atoms with van der Waals surface area (Å²) < 4.78 is 5.46. The summed E-state index contributed by atoms with van der Waals surface area (Å²) in [4.78, 5) is 11.9. The van der Waals surface area contributed by atoms with Gasteiger partial charge in [-0.15, -0.1) is 0 Å². The Labute approximate surface area is 135 Å². The van der Waals surface area contributed by atoms with Crippen molar-refractivity contribution in [2.24, 2.45) is 0 Å². The van der Waals surface area contributed by atoms with Gasteiger partial charge in [0.1, 0.15) is 5.75 Å². The first-order valence-corrected chi connectivity index (χ1v) is 7.45. The van der Waals surface area contributed by atoms with Crippen molar-refractivity contribution in [3.05, 3.63) is 70.8 Å². The zero-order valence-corrected chi connectivity index (χ0v) is 12.6. The number of carbonyl (C=O) groups excluding carboxylic acids is 1. The van der Waals surface area contributed by atoms with E-state index in [2.05, 4.69) is 11.4 Å². The summed E-state index contributed by atoms with van der Waals surface area (Å²) in [6.45, 7) is 1.17. The average molecular weight is 304 g/mol. The molecule has 0 aromatic heterocycles. The van der Waals surface area contributed by atoms with Gasteiger partial charge in [0.15, 0.2) is 0 Å². The second-order valence-electron chi connectivity index (χ2n) is 5.33.